The van der Waals surface area contributed by atoms with Crippen LogP contribution in [0.15, 0.2) is 24.3 Å². The summed E-state index contributed by atoms with van der Waals surface area (Å²) >= 11 is 0. The summed E-state index contributed by atoms with van der Waals surface area (Å²) in [6.45, 7) is -0.732. The Bertz CT molecular complexity index is 541. The number of hydrogen-bond acceptors (Lipinski definition) is 5. The molecule has 0 saturated heterocycles. The number of ether oxygens (including phenoxy) is 2. The van der Waals surface area contributed by atoms with E-state index in [1.54, 1.807) is 0 Å². The van der Waals surface area contributed by atoms with E-state index in [1.807, 2.05) is 6.92 Å². The second-order valence-electron chi connectivity index (χ2n) is 3.45. The van der Waals surface area contributed by atoms with Gasteiger partial charge in [-0.2, -0.15) is 17.2 Å². The van der Waals surface area contributed by atoms with Gasteiger partial charge in [0, 0.05) is 10.7 Å². The molecule has 1 rings (SSSR count). The molecule has 0 amide bonds. The van der Waals surface area contributed by atoms with Crippen LogP contribution >= 0.6 is 10.7 Å². The highest BCUT2D eigenvalue weighted by molar-refractivity contribution is 8.09. The minimum Gasteiger partial charge on any atom is -0.462 e. The number of alkyl halides is 2. The van der Waals surface area contributed by atoms with Crippen LogP contribution in [0.4, 0.5) is 8.78 Å². The van der Waals surface area contributed by atoms with Crippen LogP contribution in [-0.4, -0.2) is 32.2 Å². The van der Waals surface area contributed by atoms with Crippen LogP contribution in [0, 0.1) is 0 Å². The minimum atomic E-state index is -4.19. The Balaban J connectivity index is 0.000000690. The van der Waals surface area contributed by atoms with Crippen molar-refractivity contribution in [3.05, 3.63) is 29.8 Å². The van der Waals surface area contributed by atoms with Gasteiger partial charge in [-0.3, -0.25) is 4.55 Å². The third kappa shape index (κ3) is 12.0. The van der Waals surface area contributed by atoms with Crippen LogP contribution in [0.5, 0.6) is 5.75 Å². The summed E-state index contributed by atoms with van der Waals surface area (Å²) in [7, 11) is -0.137. The minimum absolute atomic E-state index is 0.0547. The molecule has 0 aliphatic carbocycles. The van der Waals surface area contributed by atoms with E-state index in [0.717, 1.165) is 0 Å². The molecular weight excluding hydrogens is 334 g/mol. The van der Waals surface area contributed by atoms with Gasteiger partial charge >= 0.3 is 21.9 Å². The summed E-state index contributed by atoms with van der Waals surface area (Å²) in [5.74, 6) is -0.595. The zero-order valence-electron chi connectivity index (χ0n) is 10.8. The van der Waals surface area contributed by atoms with Crippen molar-refractivity contribution >= 4 is 26.0 Å². The first-order valence-electron chi connectivity index (χ1n) is 5.52. The zero-order chi connectivity index (χ0) is 16.5. The second-order valence-corrected chi connectivity index (χ2v) is 5.45. The molecule has 0 heterocycles. The van der Waals surface area contributed by atoms with Gasteiger partial charge in [-0.15, -0.1) is 0 Å². The first kappa shape index (κ1) is 19.6. The maximum absolute atomic E-state index is 11.9. The maximum Gasteiger partial charge on any atom is 0.387 e. The summed E-state index contributed by atoms with van der Waals surface area (Å²) in [5.41, 5.74) is 0.201. The van der Waals surface area contributed by atoms with E-state index < -0.39 is 21.9 Å². The average Bonchev–Trinajstić information content (AvgIpc) is 2.33. The SMILES string of the molecule is CCCOC(=O)c1cccc(OC(F)F)c1.O=S(=O)(O)Cl. The molecule has 1 aromatic carbocycles. The fraction of sp³-hybridized carbons (Fsp3) is 0.364. The van der Waals surface area contributed by atoms with Crippen molar-refractivity contribution in [1.82, 2.24) is 0 Å². The van der Waals surface area contributed by atoms with E-state index in [0.29, 0.717) is 13.0 Å². The fourth-order valence-electron chi connectivity index (χ4n) is 1.08. The first-order valence-corrected chi connectivity index (χ1v) is 7.79. The molecule has 0 fully saturated rings. The molecule has 10 heteroatoms. The van der Waals surface area contributed by atoms with Crippen molar-refractivity contribution in [2.45, 2.75) is 20.0 Å². The molecule has 0 spiro atoms. The normalized spacial score (nSPS) is 10.6. The predicted molar refractivity (Wildman–Crippen MR) is 71.0 cm³/mol. The molecular formula is C11H13ClF2O6S. The van der Waals surface area contributed by atoms with E-state index in [9.17, 15) is 13.6 Å². The summed E-state index contributed by atoms with van der Waals surface area (Å²) in [4.78, 5) is 11.4. The third-order valence-corrected chi connectivity index (χ3v) is 1.73. The number of halogens is 3. The Morgan fingerprint density at radius 3 is 2.48 bits per heavy atom. The average molecular weight is 347 g/mol. The van der Waals surface area contributed by atoms with Gasteiger partial charge in [0.15, 0.2) is 0 Å². The molecule has 0 radical (unpaired) electrons. The number of benzene rings is 1. The smallest absolute Gasteiger partial charge is 0.387 e. The molecule has 6 nitrogen and oxygen atoms in total. The molecule has 0 aliphatic heterocycles. The van der Waals surface area contributed by atoms with Gasteiger partial charge in [0.05, 0.1) is 12.2 Å². The number of carbonyl (C=O) groups is 1. The Kier molecular flexibility index (Phi) is 8.83. The third-order valence-electron chi connectivity index (χ3n) is 1.73. The lowest BCUT2D eigenvalue weighted by atomic mass is 10.2. The molecule has 120 valence electrons. The predicted octanol–water partition coefficient (Wildman–Crippen LogP) is 2.88. The largest absolute Gasteiger partial charge is 0.462 e. The monoisotopic (exact) mass is 346 g/mol. The van der Waals surface area contributed by atoms with Crippen molar-refractivity contribution in [3.63, 3.8) is 0 Å². The summed E-state index contributed by atoms with van der Waals surface area (Å²) < 4.78 is 58.0. The zero-order valence-corrected chi connectivity index (χ0v) is 12.4. The summed E-state index contributed by atoms with van der Waals surface area (Å²) in [6, 6.07) is 5.52. The molecule has 0 atom stereocenters. The Labute approximate surface area is 124 Å². The lowest BCUT2D eigenvalue weighted by molar-refractivity contribution is -0.0499. The van der Waals surface area contributed by atoms with Crippen molar-refractivity contribution in [3.8, 4) is 5.75 Å². The number of esters is 1. The van der Waals surface area contributed by atoms with E-state index in [-0.39, 0.29) is 11.3 Å². The standard InChI is InChI=1S/C11H12F2O3.ClHO3S/c1-2-6-15-10(14)8-4-3-5-9(7-8)16-11(12)13;1-5(2,3)4/h3-5,7,11H,2,6H2,1H3;(H,2,3,4). The summed E-state index contributed by atoms with van der Waals surface area (Å²) in [5, 5.41) is 0. The van der Waals surface area contributed by atoms with Crippen LogP contribution in [0.25, 0.3) is 0 Å². The topological polar surface area (TPSA) is 89.9 Å². The summed E-state index contributed by atoms with van der Waals surface area (Å²) in [6.07, 6.45) is 0.707. The fourth-order valence-corrected chi connectivity index (χ4v) is 1.08. The van der Waals surface area contributed by atoms with Gasteiger partial charge in [-0.1, -0.05) is 13.0 Å². The van der Waals surface area contributed by atoms with Crippen molar-refractivity contribution in [2.24, 2.45) is 0 Å². The van der Waals surface area contributed by atoms with Gasteiger partial charge in [0.2, 0.25) is 0 Å². The lowest BCUT2D eigenvalue weighted by Gasteiger charge is -2.06. The Hall–Kier alpha value is -1.45. The molecule has 1 aromatic rings. The van der Waals surface area contributed by atoms with Crippen LogP contribution in [0.2, 0.25) is 0 Å². The lowest BCUT2D eigenvalue weighted by Crippen LogP contribution is -2.07. The molecule has 0 unspecified atom stereocenters. The van der Waals surface area contributed by atoms with Crippen molar-refractivity contribution < 1.29 is 36.0 Å². The number of hydrogen-bond donors (Lipinski definition) is 1. The van der Waals surface area contributed by atoms with Crippen molar-refractivity contribution in [1.29, 1.82) is 0 Å². The quantitative estimate of drug-likeness (QED) is 0.501. The first-order chi connectivity index (χ1) is 9.63. The van der Waals surface area contributed by atoms with E-state index >= 15 is 0 Å². The molecule has 0 aromatic heterocycles. The van der Waals surface area contributed by atoms with Crippen LogP contribution < -0.4 is 4.74 Å². The van der Waals surface area contributed by atoms with Gasteiger partial charge in [0.1, 0.15) is 5.75 Å². The number of rotatable bonds is 5. The Morgan fingerprint density at radius 2 is 2.00 bits per heavy atom. The molecule has 0 aliphatic rings. The second kappa shape index (κ2) is 9.48. The molecule has 21 heavy (non-hydrogen) atoms. The number of carbonyl (C=O) groups excluding carboxylic acids is 1. The van der Waals surface area contributed by atoms with Gasteiger partial charge in [-0.25, -0.2) is 4.79 Å². The maximum atomic E-state index is 11.9. The van der Waals surface area contributed by atoms with Gasteiger partial charge < -0.3 is 9.47 Å². The van der Waals surface area contributed by atoms with Crippen molar-refractivity contribution in [2.75, 3.05) is 6.61 Å². The molecule has 0 bridgehead atoms. The van der Waals surface area contributed by atoms with E-state index in [2.05, 4.69) is 15.4 Å². The van der Waals surface area contributed by atoms with E-state index in [1.165, 1.54) is 24.3 Å². The van der Waals surface area contributed by atoms with Crippen LogP contribution in [0.1, 0.15) is 23.7 Å². The highest BCUT2D eigenvalue weighted by atomic mass is 35.7. The highest BCUT2D eigenvalue weighted by Crippen LogP contribution is 2.16. The molecule has 1 N–H and O–H groups in total. The Morgan fingerprint density at radius 1 is 1.43 bits per heavy atom. The molecule has 0 saturated carbocycles. The van der Waals surface area contributed by atoms with E-state index in [4.69, 9.17) is 17.7 Å². The van der Waals surface area contributed by atoms with Crippen LogP contribution in [-0.2, 0) is 14.1 Å². The highest BCUT2D eigenvalue weighted by Gasteiger charge is 2.09. The van der Waals surface area contributed by atoms with Gasteiger partial charge in [0.25, 0.3) is 0 Å². The van der Waals surface area contributed by atoms with Crippen LogP contribution in [0.3, 0.4) is 0 Å². The van der Waals surface area contributed by atoms with Gasteiger partial charge in [-0.05, 0) is 24.6 Å².